The largest absolute Gasteiger partial charge is 0.378 e. The summed E-state index contributed by atoms with van der Waals surface area (Å²) >= 11 is 0. The molecule has 0 amide bonds. The van der Waals surface area contributed by atoms with Gasteiger partial charge in [0.05, 0.1) is 0 Å². The van der Waals surface area contributed by atoms with Gasteiger partial charge >= 0.3 is 0 Å². The monoisotopic (exact) mass is 125 g/mol. The summed E-state index contributed by atoms with van der Waals surface area (Å²) in [5.74, 6) is 0. The van der Waals surface area contributed by atoms with Crippen LogP contribution in [0.4, 0.5) is 0 Å². The minimum atomic E-state index is 1.15. The molecule has 0 aromatic rings. The van der Waals surface area contributed by atoms with Crippen LogP contribution in [0.3, 0.4) is 0 Å². The van der Waals surface area contributed by atoms with Crippen LogP contribution < -0.4 is 0 Å². The maximum atomic E-state index is 2.35. The molecule has 0 radical (unpaired) electrons. The Morgan fingerprint density at radius 1 is 1.33 bits per heavy atom. The number of nitrogens with zero attached hydrogens (tertiary/aromatic N) is 1. The topological polar surface area (TPSA) is 3.24 Å². The average Bonchev–Trinajstić information content (AvgIpc) is 2.66. The second kappa shape index (κ2) is 2.90. The maximum absolute atomic E-state index is 2.35. The third kappa shape index (κ3) is 2.08. The number of hydrogen-bond acceptors (Lipinski definition) is 1. The Kier molecular flexibility index (Phi) is 2.15. The fourth-order valence-corrected chi connectivity index (χ4v) is 0.866. The smallest absolute Gasteiger partial charge is 0.0143 e. The van der Waals surface area contributed by atoms with Crippen LogP contribution in [0.1, 0.15) is 26.7 Å². The van der Waals surface area contributed by atoms with Gasteiger partial charge in [0, 0.05) is 13.1 Å². The van der Waals surface area contributed by atoms with E-state index in [1.165, 1.54) is 12.8 Å². The van der Waals surface area contributed by atoms with Gasteiger partial charge in [-0.3, -0.25) is 0 Å². The summed E-state index contributed by atoms with van der Waals surface area (Å²) in [4.78, 5) is 2.35. The summed E-state index contributed by atoms with van der Waals surface area (Å²) in [7, 11) is 0. The molecule has 0 heterocycles. The van der Waals surface area contributed by atoms with Crippen LogP contribution in [-0.4, -0.2) is 18.0 Å². The standard InChI is InChI=1S/C8H15N/c1-3-9(4-2)7-8-5-6-8/h7H,3-6H2,1-2H3. The molecule has 1 nitrogen and oxygen atoms in total. The van der Waals surface area contributed by atoms with E-state index in [-0.39, 0.29) is 0 Å². The van der Waals surface area contributed by atoms with E-state index < -0.39 is 0 Å². The van der Waals surface area contributed by atoms with Gasteiger partial charge in [-0.1, -0.05) is 5.57 Å². The fraction of sp³-hybridized carbons (Fsp3) is 0.750. The number of allylic oxidation sites excluding steroid dienone is 1. The van der Waals surface area contributed by atoms with Gasteiger partial charge in [0.25, 0.3) is 0 Å². The van der Waals surface area contributed by atoms with E-state index in [1.54, 1.807) is 5.57 Å². The lowest BCUT2D eigenvalue weighted by atomic mass is 10.5. The Morgan fingerprint density at radius 3 is 2.22 bits per heavy atom. The molecule has 52 valence electrons. The third-order valence-corrected chi connectivity index (χ3v) is 1.72. The van der Waals surface area contributed by atoms with Gasteiger partial charge in [-0.15, -0.1) is 0 Å². The van der Waals surface area contributed by atoms with Crippen molar-refractivity contribution in [2.24, 2.45) is 0 Å². The Balaban J connectivity index is 2.29. The molecule has 1 aliphatic carbocycles. The first-order valence-corrected chi connectivity index (χ1v) is 3.80. The fourth-order valence-electron chi connectivity index (χ4n) is 0.866. The molecule has 1 heteroatoms. The molecule has 0 saturated heterocycles. The van der Waals surface area contributed by atoms with Crippen molar-refractivity contribution in [1.29, 1.82) is 0 Å². The van der Waals surface area contributed by atoms with Crippen molar-refractivity contribution in [2.75, 3.05) is 13.1 Å². The van der Waals surface area contributed by atoms with E-state index in [0.29, 0.717) is 0 Å². The molecule has 0 aromatic carbocycles. The summed E-state index contributed by atoms with van der Waals surface area (Å²) in [5.41, 5.74) is 1.62. The van der Waals surface area contributed by atoms with Crippen LogP contribution in [0.25, 0.3) is 0 Å². The van der Waals surface area contributed by atoms with Crippen LogP contribution in [0.2, 0.25) is 0 Å². The summed E-state index contributed by atoms with van der Waals surface area (Å²) in [5, 5.41) is 0. The summed E-state index contributed by atoms with van der Waals surface area (Å²) in [6, 6.07) is 0. The first-order chi connectivity index (χ1) is 4.36. The lowest BCUT2D eigenvalue weighted by Gasteiger charge is -2.13. The summed E-state index contributed by atoms with van der Waals surface area (Å²) in [6.07, 6.45) is 4.99. The predicted molar refractivity (Wildman–Crippen MR) is 40.2 cm³/mol. The maximum Gasteiger partial charge on any atom is 0.0143 e. The predicted octanol–water partition coefficient (Wildman–Crippen LogP) is 2.01. The Labute approximate surface area is 57.4 Å². The quantitative estimate of drug-likeness (QED) is 0.557. The molecule has 0 bridgehead atoms. The summed E-state index contributed by atoms with van der Waals surface area (Å²) in [6.45, 7) is 6.70. The van der Waals surface area contributed by atoms with Gasteiger partial charge in [-0.05, 0) is 32.9 Å². The van der Waals surface area contributed by atoms with Crippen LogP contribution >= 0.6 is 0 Å². The van der Waals surface area contributed by atoms with Gasteiger partial charge < -0.3 is 4.90 Å². The molecule has 1 aliphatic rings. The highest BCUT2D eigenvalue weighted by molar-refractivity contribution is 5.15. The molecule has 1 saturated carbocycles. The average molecular weight is 125 g/mol. The zero-order valence-electron chi connectivity index (χ0n) is 6.35. The lowest BCUT2D eigenvalue weighted by Crippen LogP contribution is -2.14. The second-order valence-corrected chi connectivity index (χ2v) is 2.51. The van der Waals surface area contributed by atoms with E-state index in [2.05, 4.69) is 24.9 Å². The highest BCUT2D eigenvalue weighted by atomic mass is 15.1. The Morgan fingerprint density at radius 2 is 1.89 bits per heavy atom. The van der Waals surface area contributed by atoms with Gasteiger partial charge in [-0.2, -0.15) is 0 Å². The van der Waals surface area contributed by atoms with Crippen molar-refractivity contribution in [3.8, 4) is 0 Å². The van der Waals surface area contributed by atoms with Crippen molar-refractivity contribution < 1.29 is 0 Å². The molecular formula is C8H15N. The zero-order chi connectivity index (χ0) is 6.69. The van der Waals surface area contributed by atoms with E-state index in [0.717, 1.165) is 13.1 Å². The van der Waals surface area contributed by atoms with Crippen molar-refractivity contribution in [2.45, 2.75) is 26.7 Å². The van der Waals surface area contributed by atoms with E-state index in [1.807, 2.05) is 0 Å². The first kappa shape index (κ1) is 6.66. The van der Waals surface area contributed by atoms with E-state index >= 15 is 0 Å². The Bertz CT molecular complexity index is 106. The van der Waals surface area contributed by atoms with Crippen LogP contribution in [0.5, 0.6) is 0 Å². The van der Waals surface area contributed by atoms with Gasteiger partial charge in [0.1, 0.15) is 0 Å². The lowest BCUT2D eigenvalue weighted by molar-refractivity contribution is 0.417. The minimum absolute atomic E-state index is 1.15. The second-order valence-electron chi connectivity index (χ2n) is 2.51. The molecule has 1 rings (SSSR count). The molecule has 0 atom stereocenters. The van der Waals surface area contributed by atoms with Gasteiger partial charge in [0.15, 0.2) is 0 Å². The van der Waals surface area contributed by atoms with Crippen molar-refractivity contribution in [3.63, 3.8) is 0 Å². The van der Waals surface area contributed by atoms with Crippen LogP contribution in [-0.2, 0) is 0 Å². The highest BCUT2D eigenvalue weighted by Gasteiger charge is 2.11. The van der Waals surface area contributed by atoms with Gasteiger partial charge in [0.2, 0.25) is 0 Å². The van der Waals surface area contributed by atoms with Crippen LogP contribution in [0.15, 0.2) is 11.8 Å². The van der Waals surface area contributed by atoms with E-state index in [4.69, 9.17) is 0 Å². The van der Waals surface area contributed by atoms with Crippen molar-refractivity contribution in [1.82, 2.24) is 4.90 Å². The van der Waals surface area contributed by atoms with Crippen molar-refractivity contribution in [3.05, 3.63) is 11.8 Å². The zero-order valence-corrected chi connectivity index (χ0v) is 6.35. The Hall–Kier alpha value is -0.460. The molecule has 0 unspecified atom stereocenters. The summed E-state index contributed by atoms with van der Waals surface area (Å²) < 4.78 is 0. The molecular weight excluding hydrogens is 110 g/mol. The molecule has 0 N–H and O–H groups in total. The van der Waals surface area contributed by atoms with Crippen LogP contribution in [0, 0.1) is 0 Å². The normalized spacial score (nSPS) is 15.6. The highest BCUT2D eigenvalue weighted by Crippen LogP contribution is 2.27. The number of hydrogen-bond donors (Lipinski definition) is 0. The molecule has 0 aliphatic heterocycles. The van der Waals surface area contributed by atoms with E-state index in [9.17, 15) is 0 Å². The van der Waals surface area contributed by atoms with Gasteiger partial charge in [-0.25, -0.2) is 0 Å². The molecule has 1 fully saturated rings. The van der Waals surface area contributed by atoms with Crippen molar-refractivity contribution >= 4 is 0 Å². The SMILES string of the molecule is CCN(C=C1CC1)CC. The molecule has 0 spiro atoms. The molecule has 0 aromatic heterocycles. The third-order valence-electron chi connectivity index (χ3n) is 1.72. The first-order valence-electron chi connectivity index (χ1n) is 3.80. The minimum Gasteiger partial charge on any atom is -0.378 e. The number of rotatable bonds is 3. The molecule has 9 heavy (non-hydrogen) atoms.